The Morgan fingerprint density at radius 3 is 2.32 bits per heavy atom. The highest BCUT2D eigenvalue weighted by Crippen LogP contribution is 2.38. The molecule has 0 spiro atoms. The quantitative estimate of drug-likeness (QED) is 0.601. The number of aryl methyl sites for hydroxylation is 1. The van der Waals surface area contributed by atoms with Crippen molar-refractivity contribution in [1.29, 1.82) is 0 Å². The maximum absolute atomic E-state index is 13.1. The second-order valence-electron chi connectivity index (χ2n) is 9.51. The third-order valence-electron chi connectivity index (χ3n) is 6.05. The Morgan fingerprint density at radius 1 is 1.03 bits per heavy atom. The molecule has 4 nitrogen and oxygen atoms in total. The minimum absolute atomic E-state index is 0.0146. The molecule has 1 N–H and O–H groups in total. The molecule has 1 atom stereocenters. The second-order valence-corrected chi connectivity index (χ2v) is 9.94. The van der Waals surface area contributed by atoms with Crippen LogP contribution in [-0.2, 0) is 14.3 Å². The van der Waals surface area contributed by atoms with E-state index >= 15 is 0 Å². The van der Waals surface area contributed by atoms with Crippen molar-refractivity contribution >= 4 is 23.0 Å². The average molecular weight is 441 g/mol. The lowest BCUT2D eigenvalue weighted by molar-refractivity contribution is -0.228. The average Bonchev–Trinajstić information content (AvgIpc) is 2.71. The van der Waals surface area contributed by atoms with E-state index in [0.29, 0.717) is 43.1 Å². The summed E-state index contributed by atoms with van der Waals surface area (Å²) in [4.78, 5) is 13.1. The SMILES string of the molecule is Cc1ccc(-c2ccc(Cl)cc2)cc1C1=C(O)CC(CC2OCC(C)(C)CO2)CC1=O. The Kier molecular flexibility index (Phi) is 6.25. The summed E-state index contributed by atoms with van der Waals surface area (Å²) in [6.07, 6.45) is 1.15. The maximum atomic E-state index is 13.1. The van der Waals surface area contributed by atoms with Gasteiger partial charge in [-0.05, 0) is 53.3 Å². The minimum Gasteiger partial charge on any atom is -0.512 e. The van der Waals surface area contributed by atoms with Crippen LogP contribution >= 0.6 is 11.6 Å². The molecule has 0 radical (unpaired) electrons. The molecular weight excluding hydrogens is 412 g/mol. The fraction of sp³-hybridized carbons (Fsp3) is 0.423. The van der Waals surface area contributed by atoms with E-state index < -0.39 is 0 Å². The summed E-state index contributed by atoms with van der Waals surface area (Å²) >= 11 is 6.01. The number of aliphatic hydroxyl groups is 1. The van der Waals surface area contributed by atoms with Gasteiger partial charge in [0.1, 0.15) is 5.76 Å². The number of hydrogen-bond donors (Lipinski definition) is 1. The third kappa shape index (κ3) is 5.03. The molecule has 1 aliphatic heterocycles. The molecular formula is C26H29ClO4. The number of carbonyl (C=O) groups is 1. The summed E-state index contributed by atoms with van der Waals surface area (Å²) in [6.45, 7) is 7.46. The highest BCUT2D eigenvalue weighted by atomic mass is 35.5. The van der Waals surface area contributed by atoms with E-state index in [2.05, 4.69) is 13.8 Å². The molecule has 1 unspecified atom stereocenters. The Balaban J connectivity index is 1.54. The smallest absolute Gasteiger partial charge is 0.167 e. The summed E-state index contributed by atoms with van der Waals surface area (Å²) in [5.41, 5.74) is 4.21. The molecule has 164 valence electrons. The van der Waals surface area contributed by atoms with Crippen molar-refractivity contribution in [2.45, 2.75) is 46.3 Å². The van der Waals surface area contributed by atoms with Gasteiger partial charge in [-0.15, -0.1) is 0 Å². The van der Waals surface area contributed by atoms with E-state index in [0.717, 1.165) is 22.3 Å². The van der Waals surface area contributed by atoms with Gasteiger partial charge in [-0.25, -0.2) is 0 Å². The van der Waals surface area contributed by atoms with Crippen molar-refractivity contribution in [3.63, 3.8) is 0 Å². The van der Waals surface area contributed by atoms with Crippen LogP contribution in [0.25, 0.3) is 16.7 Å². The molecule has 2 aromatic carbocycles. The van der Waals surface area contributed by atoms with E-state index in [4.69, 9.17) is 21.1 Å². The standard InChI is InChI=1S/C26H29ClO4/c1-16-4-5-19(18-6-8-20(27)9-7-18)13-21(16)25-22(28)10-17(11-23(25)29)12-24-30-14-26(2,3)15-31-24/h4-9,13,17,24,28H,10-12,14-15H2,1-3H3. The molecule has 1 heterocycles. The molecule has 31 heavy (non-hydrogen) atoms. The monoisotopic (exact) mass is 440 g/mol. The number of carbonyl (C=O) groups excluding carboxylic acids is 1. The molecule has 1 saturated heterocycles. The number of halogens is 1. The van der Waals surface area contributed by atoms with Gasteiger partial charge < -0.3 is 14.6 Å². The molecule has 0 bridgehead atoms. The zero-order valence-corrected chi connectivity index (χ0v) is 19.0. The molecule has 5 heteroatoms. The number of allylic oxidation sites excluding steroid dienone is 2. The van der Waals surface area contributed by atoms with Crippen LogP contribution in [0.1, 0.15) is 44.2 Å². The van der Waals surface area contributed by atoms with Crippen molar-refractivity contribution < 1.29 is 19.4 Å². The van der Waals surface area contributed by atoms with Gasteiger partial charge in [-0.3, -0.25) is 4.79 Å². The summed E-state index contributed by atoms with van der Waals surface area (Å²) in [5.74, 6) is 0.150. The predicted molar refractivity (Wildman–Crippen MR) is 123 cm³/mol. The van der Waals surface area contributed by atoms with Gasteiger partial charge in [-0.2, -0.15) is 0 Å². The first kappa shape index (κ1) is 22.1. The lowest BCUT2D eigenvalue weighted by atomic mass is 9.81. The number of Topliss-reactive ketones (excluding diaryl/α,β-unsaturated/α-hetero) is 1. The third-order valence-corrected chi connectivity index (χ3v) is 6.31. The molecule has 1 aliphatic carbocycles. The molecule has 2 aliphatic rings. The molecule has 0 aromatic heterocycles. The zero-order valence-electron chi connectivity index (χ0n) is 18.3. The Labute approximate surface area is 188 Å². The molecule has 2 aromatic rings. The lowest BCUT2D eigenvalue weighted by Crippen LogP contribution is -2.39. The van der Waals surface area contributed by atoms with Crippen LogP contribution in [-0.4, -0.2) is 30.4 Å². The van der Waals surface area contributed by atoms with Gasteiger partial charge in [0.15, 0.2) is 12.1 Å². The van der Waals surface area contributed by atoms with Crippen molar-refractivity contribution in [1.82, 2.24) is 0 Å². The first-order chi connectivity index (χ1) is 14.7. The predicted octanol–water partition coefficient (Wildman–Crippen LogP) is 6.35. The van der Waals surface area contributed by atoms with Crippen LogP contribution < -0.4 is 0 Å². The normalized spacial score (nSPS) is 22.1. The Morgan fingerprint density at radius 2 is 1.68 bits per heavy atom. The minimum atomic E-state index is -0.310. The maximum Gasteiger partial charge on any atom is 0.167 e. The fourth-order valence-corrected chi connectivity index (χ4v) is 4.42. The summed E-state index contributed by atoms with van der Waals surface area (Å²) in [7, 11) is 0. The number of ketones is 1. The topological polar surface area (TPSA) is 55.8 Å². The highest BCUT2D eigenvalue weighted by molar-refractivity contribution is 6.30. The van der Waals surface area contributed by atoms with Crippen LogP contribution in [0.3, 0.4) is 0 Å². The van der Waals surface area contributed by atoms with Crippen molar-refractivity contribution in [2.75, 3.05) is 13.2 Å². The summed E-state index contributed by atoms with van der Waals surface area (Å²) in [5, 5.41) is 11.5. The van der Waals surface area contributed by atoms with Crippen LogP contribution in [0, 0.1) is 18.3 Å². The largest absolute Gasteiger partial charge is 0.512 e. The van der Waals surface area contributed by atoms with E-state index in [1.165, 1.54) is 0 Å². The lowest BCUT2D eigenvalue weighted by Gasteiger charge is -2.36. The van der Waals surface area contributed by atoms with Crippen LogP contribution in [0.15, 0.2) is 48.2 Å². The first-order valence-electron chi connectivity index (χ1n) is 10.8. The molecule has 4 rings (SSSR count). The van der Waals surface area contributed by atoms with Gasteiger partial charge in [-0.1, -0.05) is 49.7 Å². The van der Waals surface area contributed by atoms with Crippen molar-refractivity contribution in [2.24, 2.45) is 11.3 Å². The fourth-order valence-electron chi connectivity index (χ4n) is 4.29. The molecule has 0 amide bonds. The number of aliphatic hydroxyl groups excluding tert-OH is 1. The second kappa shape index (κ2) is 8.78. The van der Waals surface area contributed by atoms with Gasteiger partial charge >= 0.3 is 0 Å². The van der Waals surface area contributed by atoms with Crippen LogP contribution in [0.2, 0.25) is 5.02 Å². The van der Waals surface area contributed by atoms with Gasteiger partial charge in [0, 0.05) is 29.7 Å². The van der Waals surface area contributed by atoms with Crippen LogP contribution in [0.5, 0.6) is 0 Å². The number of hydrogen-bond acceptors (Lipinski definition) is 4. The first-order valence-corrected chi connectivity index (χ1v) is 11.2. The van der Waals surface area contributed by atoms with Gasteiger partial charge in [0.2, 0.25) is 0 Å². The van der Waals surface area contributed by atoms with E-state index in [1.807, 2.05) is 49.4 Å². The Hall–Kier alpha value is -2.14. The number of benzene rings is 2. The zero-order chi connectivity index (χ0) is 22.2. The molecule has 1 fully saturated rings. The van der Waals surface area contributed by atoms with Crippen molar-refractivity contribution in [3.05, 3.63) is 64.4 Å². The number of ether oxygens (including phenoxy) is 2. The van der Waals surface area contributed by atoms with Gasteiger partial charge in [0.05, 0.1) is 18.8 Å². The molecule has 0 saturated carbocycles. The Bertz CT molecular complexity index is 997. The van der Waals surface area contributed by atoms with Gasteiger partial charge in [0.25, 0.3) is 0 Å². The summed E-state index contributed by atoms with van der Waals surface area (Å²) in [6, 6.07) is 13.6. The van der Waals surface area contributed by atoms with E-state index in [1.54, 1.807) is 0 Å². The summed E-state index contributed by atoms with van der Waals surface area (Å²) < 4.78 is 11.7. The van der Waals surface area contributed by atoms with E-state index in [-0.39, 0.29) is 29.2 Å². The van der Waals surface area contributed by atoms with Crippen molar-refractivity contribution in [3.8, 4) is 11.1 Å². The van der Waals surface area contributed by atoms with E-state index in [9.17, 15) is 9.90 Å². The highest BCUT2D eigenvalue weighted by Gasteiger charge is 2.34. The number of rotatable bonds is 4. The van der Waals surface area contributed by atoms with Crippen LogP contribution in [0.4, 0.5) is 0 Å².